The third kappa shape index (κ3) is 1.94. The molecule has 0 fully saturated rings. The normalized spacial score (nSPS) is 14.8. The van der Waals surface area contributed by atoms with E-state index >= 15 is 0 Å². The zero-order chi connectivity index (χ0) is 12.4. The average molecular weight is 238 g/mol. The molecule has 2 heterocycles. The van der Waals surface area contributed by atoms with Crippen molar-refractivity contribution in [2.45, 2.75) is 0 Å². The molecule has 1 N–H and O–H groups in total. The summed E-state index contributed by atoms with van der Waals surface area (Å²) in [6.07, 6.45) is 5.66. The zero-order valence-corrected chi connectivity index (χ0v) is 10.1. The predicted molar refractivity (Wildman–Crippen MR) is 72.0 cm³/mol. The van der Waals surface area contributed by atoms with E-state index < -0.39 is 0 Å². The quantitative estimate of drug-likeness (QED) is 0.869. The summed E-state index contributed by atoms with van der Waals surface area (Å²) in [5.41, 5.74) is 6.57. The van der Waals surface area contributed by atoms with Crippen LogP contribution < -0.4 is 10.5 Å². The SMILES string of the molecule is CN1NN(c2cccnc2)C=C1c1ccccc1. The number of nitrogens with zero attached hydrogens (tertiary/aromatic N) is 3. The number of aromatic nitrogens is 1. The fraction of sp³-hybridized carbons (Fsp3) is 0.0714. The van der Waals surface area contributed by atoms with E-state index in [1.807, 2.05) is 53.6 Å². The van der Waals surface area contributed by atoms with Gasteiger partial charge in [-0.1, -0.05) is 30.3 Å². The Kier molecular flexibility index (Phi) is 2.70. The smallest absolute Gasteiger partial charge is 0.0785 e. The van der Waals surface area contributed by atoms with Crippen molar-refractivity contribution in [1.82, 2.24) is 15.5 Å². The molecule has 4 heteroatoms. The Bertz CT molecular complexity index is 551. The largest absolute Gasteiger partial charge is 0.291 e. The van der Waals surface area contributed by atoms with Gasteiger partial charge in [0.05, 0.1) is 17.6 Å². The molecule has 0 aliphatic carbocycles. The lowest BCUT2D eigenvalue weighted by atomic mass is 10.2. The van der Waals surface area contributed by atoms with E-state index in [1.54, 1.807) is 6.20 Å². The van der Waals surface area contributed by atoms with Gasteiger partial charge >= 0.3 is 0 Å². The van der Waals surface area contributed by atoms with Gasteiger partial charge in [-0.15, -0.1) is 5.53 Å². The highest BCUT2D eigenvalue weighted by Crippen LogP contribution is 2.24. The molecule has 1 aliphatic heterocycles. The van der Waals surface area contributed by atoms with Crippen molar-refractivity contribution in [2.24, 2.45) is 0 Å². The summed E-state index contributed by atoms with van der Waals surface area (Å²) in [5, 5.41) is 3.94. The van der Waals surface area contributed by atoms with E-state index in [-0.39, 0.29) is 0 Å². The number of anilines is 1. The van der Waals surface area contributed by atoms with E-state index in [2.05, 4.69) is 28.9 Å². The Morgan fingerprint density at radius 1 is 1.06 bits per heavy atom. The second-order valence-corrected chi connectivity index (χ2v) is 4.12. The van der Waals surface area contributed by atoms with E-state index in [4.69, 9.17) is 0 Å². The van der Waals surface area contributed by atoms with E-state index in [0.717, 1.165) is 11.4 Å². The van der Waals surface area contributed by atoms with Crippen LogP contribution in [0.5, 0.6) is 0 Å². The van der Waals surface area contributed by atoms with Crippen LogP contribution in [0.4, 0.5) is 5.69 Å². The summed E-state index contributed by atoms with van der Waals surface area (Å²) >= 11 is 0. The number of hydrogen-bond acceptors (Lipinski definition) is 4. The molecule has 0 unspecified atom stereocenters. The van der Waals surface area contributed by atoms with Gasteiger partial charge in [0.2, 0.25) is 0 Å². The molecule has 18 heavy (non-hydrogen) atoms. The Morgan fingerprint density at radius 2 is 1.89 bits per heavy atom. The van der Waals surface area contributed by atoms with Crippen LogP contribution in [0.3, 0.4) is 0 Å². The fourth-order valence-corrected chi connectivity index (χ4v) is 1.96. The average Bonchev–Trinajstić information content (AvgIpc) is 2.83. The Hall–Kier alpha value is -2.33. The lowest BCUT2D eigenvalue weighted by molar-refractivity contribution is 0.375. The fourth-order valence-electron chi connectivity index (χ4n) is 1.96. The molecule has 0 saturated heterocycles. The zero-order valence-electron chi connectivity index (χ0n) is 10.1. The number of pyridine rings is 1. The highest BCUT2D eigenvalue weighted by Gasteiger charge is 2.19. The van der Waals surface area contributed by atoms with Crippen LogP contribution in [-0.2, 0) is 0 Å². The van der Waals surface area contributed by atoms with Crippen LogP contribution in [0.1, 0.15) is 5.56 Å². The molecule has 1 aromatic carbocycles. The van der Waals surface area contributed by atoms with E-state index in [0.29, 0.717) is 0 Å². The number of hydrazine groups is 2. The maximum absolute atomic E-state index is 4.12. The highest BCUT2D eigenvalue weighted by molar-refractivity contribution is 5.69. The van der Waals surface area contributed by atoms with Gasteiger partial charge in [-0.2, -0.15) is 0 Å². The van der Waals surface area contributed by atoms with Crippen LogP contribution in [0.25, 0.3) is 5.70 Å². The van der Waals surface area contributed by atoms with Crippen molar-refractivity contribution < 1.29 is 0 Å². The molecular formula is C14H14N4. The molecule has 4 nitrogen and oxygen atoms in total. The third-order valence-corrected chi connectivity index (χ3v) is 2.86. The van der Waals surface area contributed by atoms with Gasteiger partial charge in [0, 0.05) is 25.0 Å². The maximum Gasteiger partial charge on any atom is 0.0785 e. The van der Waals surface area contributed by atoms with Crippen LogP contribution in [0.15, 0.2) is 61.1 Å². The summed E-state index contributed by atoms with van der Waals surface area (Å²) < 4.78 is 0. The Balaban J connectivity index is 1.93. The van der Waals surface area contributed by atoms with Crippen LogP contribution in [0.2, 0.25) is 0 Å². The Labute approximate surface area is 106 Å². The number of benzene rings is 1. The van der Waals surface area contributed by atoms with E-state index in [1.165, 1.54) is 5.56 Å². The molecule has 0 atom stereocenters. The molecule has 2 aromatic rings. The topological polar surface area (TPSA) is 31.4 Å². The van der Waals surface area contributed by atoms with Crippen molar-refractivity contribution >= 4 is 11.4 Å². The minimum absolute atomic E-state index is 1.01. The first-order chi connectivity index (χ1) is 8.84. The molecule has 0 bridgehead atoms. The van der Waals surface area contributed by atoms with Crippen molar-refractivity contribution in [3.8, 4) is 0 Å². The minimum Gasteiger partial charge on any atom is -0.291 e. The molecule has 0 radical (unpaired) electrons. The standard InChI is InChI=1S/C14H14N4/c1-17-14(12-6-3-2-4-7-12)11-18(16-17)13-8-5-9-15-10-13/h2-11,16H,1H3. The molecule has 1 aliphatic rings. The van der Waals surface area contributed by atoms with Gasteiger partial charge in [-0.25, -0.2) is 0 Å². The molecule has 3 rings (SSSR count). The van der Waals surface area contributed by atoms with Gasteiger partial charge in [0.25, 0.3) is 0 Å². The molecule has 0 spiro atoms. The van der Waals surface area contributed by atoms with Crippen LogP contribution in [0, 0.1) is 0 Å². The molecule has 90 valence electrons. The number of hydrogen-bond donors (Lipinski definition) is 1. The summed E-state index contributed by atoms with van der Waals surface area (Å²) in [6, 6.07) is 14.2. The van der Waals surface area contributed by atoms with Gasteiger partial charge in [0.15, 0.2) is 0 Å². The van der Waals surface area contributed by atoms with Crippen molar-refractivity contribution in [3.63, 3.8) is 0 Å². The minimum atomic E-state index is 1.01. The summed E-state index contributed by atoms with van der Waals surface area (Å²) in [5.74, 6) is 0. The predicted octanol–water partition coefficient (Wildman–Crippen LogP) is 2.25. The second-order valence-electron chi connectivity index (χ2n) is 4.12. The highest BCUT2D eigenvalue weighted by atomic mass is 15.8. The van der Waals surface area contributed by atoms with E-state index in [9.17, 15) is 0 Å². The van der Waals surface area contributed by atoms with Crippen molar-refractivity contribution in [2.75, 3.05) is 12.1 Å². The molecule has 0 amide bonds. The summed E-state index contributed by atoms with van der Waals surface area (Å²) in [4.78, 5) is 4.12. The lowest BCUT2D eigenvalue weighted by Gasteiger charge is -2.20. The summed E-state index contributed by atoms with van der Waals surface area (Å²) in [7, 11) is 2.00. The molecule has 0 saturated carbocycles. The summed E-state index contributed by atoms with van der Waals surface area (Å²) in [6.45, 7) is 0. The van der Waals surface area contributed by atoms with Gasteiger partial charge in [-0.05, 0) is 12.1 Å². The van der Waals surface area contributed by atoms with Crippen LogP contribution >= 0.6 is 0 Å². The first-order valence-electron chi connectivity index (χ1n) is 5.81. The first kappa shape index (κ1) is 10.8. The molecule has 1 aromatic heterocycles. The monoisotopic (exact) mass is 238 g/mol. The Morgan fingerprint density at radius 3 is 2.61 bits per heavy atom. The maximum atomic E-state index is 4.12. The first-order valence-corrected chi connectivity index (χ1v) is 5.81. The second kappa shape index (κ2) is 4.50. The number of nitrogens with one attached hydrogen (secondary N) is 1. The van der Waals surface area contributed by atoms with Gasteiger partial charge in [0.1, 0.15) is 0 Å². The van der Waals surface area contributed by atoms with Gasteiger partial charge in [-0.3, -0.25) is 15.0 Å². The van der Waals surface area contributed by atoms with Gasteiger partial charge < -0.3 is 0 Å². The van der Waals surface area contributed by atoms with Crippen molar-refractivity contribution in [3.05, 3.63) is 66.6 Å². The van der Waals surface area contributed by atoms with Crippen molar-refractivity contribution in [1.29, 1.82) is 0 Å². The molecular weight excluding hydrogens is 224 g/mol. The lowest BCUT2D eigenvalue weighted by Crippen LogP contribution is -2.37. The van der Waals surface area contributed by atoms with Crippen LogP contribution in [-0.4, -0.2) is 17.0 Å². The number of rotatable bonds is 2. The third-order valence-electron chi connectivity index (χ3n) is 2.86.